The zero-order valence-electron chi connectivity index (χ0n) is 56.6. The first kappa shape index (κ1) is 69.1. The first-order valence-corrected chi connectivity index (χ1v) is 33.5. The van der Waals surface area contributed by atoms with Crippen LogP contribution in [-0.4, -0.2) is 85.2 Å². The average molecular weight is 1350 g/mol. The second-order valence-corrected chi connectivity index (χ2v) is 24.6. The number of thiazole rings is 1. The van der Waals surface area contributed by atoms with Gasteiger partial charge in [0.1, 0.15) is 33.5 Å². The largest absolute Gasteiger partial charge is 0.382 e. The Labute approximate surface area is 579 Å². The Morgan fingerprint density at radius 2 is 0.869 bits per heavy atom. The predicted molar refractivity (Wildman–Crippen MR) is 390 cm³/mol. The van der Waals surface area contributed by atoms with Gasteiger partial charge in [0.2, 0.25) is 0 Å². The number of aryl methyl sites for hydroxylation is 2. The Morgan fingerprint density at radius 3 is 1.29 bits per heavy atom. The first-order chi connectivity index (χ1) is 48.1. The number of nitrogen functional groups attached to an aromatic ring is 1. The molecular weight excluding hydrogens is 1270 g/mol. The van der Waals surface area contributed by atoms with Crippen LogP contribution < -0.4 is 38.4 Å². The van der Waals surface area contributed by atoms with E-state index < -0.39 is 0 Å². The summed E-state index contributed by atoms with van der Waals surface area (Å²) in [6.45, 7) is 14.9. The maximum Gasteiger partial charge on any atom is 0.250 e. The molecule has 13 aromatic rings. The molecule has 0 radical (unpaired) electrons. The third kappa shape index (κ3) is 16.6. The van der Waals surface area contributed by atoms with Crippen molar-refractivity contribution in [1.29, 1.82) is 0 Å². The Hall–Kier alpha value is -11.3. The van der Waals surface area contributed by atoms with E-state index in [2.05, 4.69) is 101 Å². The van der Waals surface area contributed by atoms with E-state index in [1.165, 1.54) is 34.1 Å². The molecule has 0 aliphatic carbocycles. The molecule has 0 bridgehead atoms. The molecule has 0 aliphatic rings. The lowest BCUT2D eigenvalue weighted by atomic mass is 10.1. The maximum absolute atomic E-state index is 12.4. The predicted octanol–water partition coefficient (Wildman–Crippen LogP) is 13.6. The van der Waals surface area contributed by atoms with Crippen molar-refractivity contribution < 1.29 is 16.4 Å². The summed E-state index contributed by atoms with van der Waals surface area (Å²) in [6, 6.07) is 40.2. The Balaban J connectivity index is 0.000000175. The van der Waals surface area contributed by atoms with Crippen molar-refractivity contribution in [2.24, 2.45) is 0 Å². The van der Waals surface area contributed by atoms with Crippen LogP contribution in [0.3, 0.4) is 0 Å². The lowest BCUT2D eigenvalue weighted by Gasteiger charge is -2.17. The van der Waals surface area contributed by atoms with Gasteiger partial charge in [-0.15, -0.1) is 11.3 Å². The van der Waals surface area contributed by atoms with E-state index in [9.17, 15) is 14.4 Å². The minimum Gasteiger partial charge on any atom is -0.382 e. The number of nitrogens with one attached hydrogen (secondary N) is 3. The topological polar surface area (TPSA) is 296 Å². The number of pyridine rings is 3. The quantitative estimate of drug-likeness (QED) is 0.0490. The lowest BCUT2D eigenvalue weighted by Crippen LogP contribution is -2.23. The van der Waals surface area contributed by atoms with E-state index >= 15 is 0 Å². The van der Waals surface area contributed by atoms with Crippen molar-refractivity contribution in [2.45, 2.75) is 99.1 Å². The van der Waals surface area contributed by atoms with Gasteiger partial charge in [0, 0.05) is 135 Å². The van der Waals surface area contributed by atoms with Crippen molar-refractivity contribution in [2.75, 3.05) is 26.9 Å². The molecule has 0 spiro atoms. The molecule has 10 aromatic heterocycles. The Morgan fingerprint density at radius 1 is 0.475 bits per heavy atom. The molecule has 1 unspecified atom stereocenters. The molecule has 0 amide bonds. The van der Waals surface area contributed by atoms with E-state index in [0.29, 0.717) is 63.7 Å². The van der Waals surface area contributed by atoms with E-state index in [1.807, 2.05) is 120 Å². The number of hydrogen-bond donors (Lipinski definition) is 4. The third-order valence-electron chi connectivity index (χ3n) is 16.8. The fourth-order valence-electron chi connectivity index (χ4n) is 11.0. The molecule has 23 nitrogen and oxygen atoms in total. The van der Waals surface area contributed by atoms with Crippen LogP contribution in [0.25, 0.3) is 102 Å². The molecule has 0 saturated carbocycles. The van der Waals surface area contributed by atoms with E-state index in [1.54, 1.807) is 81.1 Å². The molecule has 0 saturated heterocycles. The maximum atomic E-state index is 12.4. The van der Waals surface area contributed by atoms with Crippen molar-refractivity contribution >= 4 is 17.2 Å². The summed E-state index contributed by atoms with van der Waals surface area (Å²) in [6.07, 6.45) is 14.9. The summed E-state index contributed by atoms with van der Waals surface area (Å²) in [5, 5.41) is 24.8. The molecular formula is C75H81N17O6S. The highest BCUT2D eigenvalue weighted by atomic mass is 32.1. The minimum absolute atomic E-state index is 0. The van der Waals surface area contributed by atoms with Crippen molar-refractivity contribution in [3.63, 3.8) is 0 Å². The molecule has 13 rings (SSSR count). The van der Waals surface area contributed by atoms with Gasteiger partial charge in [-0.1, -0.05) is 109 Å². The van der Waals surface area contributed by atoms with Crippen LogP contribution in [0.1, 0.15) is 95.0 Å². The van der Waals surface area contributed by atoms with Crippen LogP contribution in [0, 0.1) is 13.8 Å². The zero-order chi connectivity index (χ0) is 69.5. The van der Waals surface area contributed by atoms with Crippen molar-refractivity contribution in [1.82, 2.24) is 80.0 Å². The van der Waals surface area contributed by atoms with E-state index in [0.717, 1.165) is 100 Å². The van der Waals surface area contributed by atoms with Crippen LogP contribution in [0.5, 0.6) is 0 Å². The highest BCUT2D eigenvalue weighted by molar-refractivity contribution is 7.09. The van der Waals surface area contributed by atoms with Gasteiger partial charge in [-0.05, 0) is 96.1 Å². The fourth-order valence-corrected chi connectivity index (χ4v) is 11.6. The number of nitrogens with two attached hydrogens (primary N) is 1. The molecule has 10 heterocycles. The van der Waals surface area contributed by atoms with Gasteiger partial charge in [0.25, 0.3) is 16.7 Å². The van der Waals surface area contributed by atoms with Crippen LogP contribution in [-0.2, 0) is 26.2 Å². The van der Waals surface area contributed by atoms with Gasteiger partial charge in [-0.2, -0.15) is 0 Å². The van der Waals surface area contributed by atoms with Crippen LogP contribution in [0.15, 0.2) is 204 Å². The summed E-state index contributed by atoms with van der Waals surface area (Å²) in [7, 11) is 5.76. The molecule has 0 fully saturated rings. The van der Waals surface area contributed by atoms with Gasteiger partial charge in [-0.25, -0.2) is 24.9 Å². The van der Waals surface area contributed by atoms with E-state index in [-0.39, 0.29) is 37.4 Å². The smallest absolute Gasteiger partial charge is 0.250 e. The monoisotopic (exact) mass is 1350 g/mol. The fraction of sp³-hybridized carbons (Fsp3) is 0.240. The number of rotatable bonds is 22. The van der Waals surface area contributed by atoms with Gasteiger partial charge < -0.3 is 49.0 Å². The number of hydrogen-bond acceptors (Lipinski definition) is 21. The lowest BCUT2D eigenvalue weighted by molar-refractivity contribution is 0.433. The number of aromatic nitrogens is 13. The summed E-state index contributed by atoms with van der Waals surface area (Å²) in [4.78, 5) is 68.9. The molecule has 3 aromatic carbocycles. The number of benzene rings is 3. The minimum atomic E-state index is -0.122. The highest BCUT2D eigenvalue weighted by Crippen LogP contribution is 2.33. The van der Waals surface area contributed by atoms with Crippen molar-refractivity contribution in [3.05, 3.63) is 240 Å². The number of anilines is 1. The normalized spacial score (nSPS) is 11.5. The van der Waals surface area contributed by atoms with Gasteiger partial charge in [-0.3, -0.25) is 24.4 Å². The molecule has 1 atom stereocenters. The van der Waals surface area contributed by atoms with Crippen LogP contribution in [0.2, 0.25) is 0 Å². The van der Waals surface area contributed by atoms with Crippen LogP contribution >= 0.6 is 11.3 Å². The van der Waals surface area contributed by atoms with Gasteiger partial charge >= 0.3 is 0 Å². The number of nitrogens with zero attached hydrogens (tertiary/aromatic N) is 13. The third-order valence-corrected chi connectivity index (χ3v) is 17.5. The molecule has 24 heteroatoms. The Kier molecular flexibility index (Phi) is 22.4. The Bertz CT molecular complexity index is 5050. The average Bonchev–Trinajstić information content (AvgIpc) is 1.80. The summed E-state index contributed by atoms with van der Waals surface area (Å²) in [5.74, 6) is 1.76. The SMILES string of the molecule is CCC(C)n1cc(-c2cnc(C)c(-c3cc(-c4ccc(CNC)cc4)no3)n2)ccc1=O.CCC(CC)n1cc(-c2cnc(C)c(-c3cc(-c4ccc(CNC)cc4)no3)n2)ccc1=O.CNCc1ccc(-c2cc(-c3nc(-c4ccc(=O)n(Cc5nccs5)c4)cnc3N)on2)cc1.[HH].[HH]. The van der Waals surface area contributed by atoms with Crippen molar-refractivity contribution in [3.8, 4) is 102 Å². The van der Waals surface area contributed by atoms with Gasteiger partial charge in [0.15, 0.2) is 28.8 Å². The summed E-state index contributed by atoms with van der Waals surface area (Å²) < 4.78 is 22.0. The second-order valence-electron chi connectivity index (χ2n) is 23.6. The second kappa shape index (κ2) is 32.2. The highest BCUT2D eigenvalue weighted by Gasteiger charge is 2.21. The molecule has 508 valence electrons. The summed E-state index contributed by atoms with van der Waals surface area (Å²) >= 11 is 1.50. The first-order valence-electron chi connectivity index (χ1n) is 32.6. The molecule has 99 heavy (non-hydrogen) atoms. The van der Waals surface area contributed by atoms with Gasteiger partial charge in [0.05, 0.1) is 53.6 Å². The zero-order valence-corrected chi connectivity index (χ0v) is 57.4. The van der Waals surface area contributed by atoms with E-state index in [4.69, 9.17) is 29.3 Å². The standard InChI is InChI=1S/C26H29N5O2.C25H27N5O2.C24H21N7O2S.2H2/c1-5-21(6-2)31-16-20(11-12-25(31)32)23-15-28-17(3)26(29-23)24-13-22(30-33-24)19-9-7-18(8-10-19)14-27-4;1-5-16(2)30-15-20(10-11-24(30)31)22-14-27-17(3)25(28-22)23-12-21(29-32-23)19-8-6-18(7-9-19)13-26-4;1-26-11-15-2-4-16(5-3-15)18-10-20(33-30-18)23-24(25)28-12-19(29-23)17-6-7-22(32)31(13-17)14-21-27-8-9-34-21;;/h7-13,15-16,21,27H,5-6,14H2,1-4H3;6-12,14-16,26H,5,13H2,1-4H3;2-10,12-13,26H,11,14H2,1H3,(H2,25,28);2*1H. The molecule has 5 N–H and O–H groups in total. The van der Waals surface area contributed by atoms with Crippen LogP contribution in [0.4, 0.5) is 5.82 Å². The molecule has 0 aliphatic heterocycles. The summed E-state index contributed by atoms with van der Waals surface area (Å²) in [5.41, 5.74) is 22.1.